The van der Waals surface area contributed by atoms with Crippen LogP contribution in [0.5, 0.6) is 0 Å². The van der Waals surface area contributed by atoms with Gasteiger partial charge in [0.25, 0.3) is 5.92 Å². The molecule has 4 heteroatoms. The molecule has 15 heavy (non-hydrogen) atoms. The molecule has 1 aromatic rings. The van der Waals surface area contributed by atoms with E-state index >= 15 is 0 Å². The molecule has 2 N–H and O–H groups in total. The molecule has 1 fully saturated rings. The molecule has 0 aliphatic heterocycles. The molecule has 1 aliphatic rings. The fraction of sp³-hybridized carbons (Fsp3) is 0.364. The summed E-state index contributed by atoms with van der Waals surface area (Å²) in [5.74, 6) is -4.07. The predicted octanol–water partition coefficient (Wildman–Crippen LogP) is 2.29. The van der Waals surface area contributed by atoms with E-state index in [1.807, 2.05) is 0 Å². The second-order valence-corrected chi connectivity index (χ2v) is 3.84. The lowest BCUT2D eigenvalue weighted by molar-refractivity contribution is -0.0285. The van der Waals surface area contributed by atoms with Crippen LogP contribution in [-0.2, 0) is 5.92 Å². The fourth-order valence-electron chi connectivity index (χ4n) is 1.56. The zero-order chi connectivity index (χ0) is 11.1. The van der Waals surface area contributed by atoms with Gasteiger partial charge in [-0.2, -0.15) is 0 Å². The highest BCUT2D eigenvalue weighted by atomic mass is 19.3. The third kappa shape index (κ3) is 1.84. The average molecular weight is 211 g/mol. The minimum Gasteiger partial charge on any atom is -0.366 e. The van der Waals surface area contributed by atoms with E-state index in [0.717, 1.165) is 0 Å². The first kappa shape index (κ1) is 10.1. The van der Waals surface area contributed by atoms with Gasteiger partial charge in [0.15, 0.2) is 0 Å². The van der Waals surface area contributed by atoms with Crippen LogP contribution in [0.15, 0.2) is 24.3 Å². The van der Waals surface area contributed by atoms with E-state index in [2.05, 4.69) is 0 Å². The Hall–Kier alpha value is -1.45. The topological polar surface area (TPSA) is 43.1 Å². The van der Waals surface area contributed by atoms with Gasteiger partial charge in [-0.1, -0.05) is 12.1 Å². The van der Waals surface area contributed by atoms with Gasteiger partial charge in [0.2, 0.25) is 5.91 Å². The summed E-state index contributed by atoms with van der Waals surface area (Å²) in [5.41, 5.74) is 5.06. The molecule has 0 saturated heterocycles. The second kappa shape index (κ2) is 3.29. The van der Waals surface area contributed by atoms with Gasteiger partial charge < -0.3 is 5.73 Å². The monoisotopic (exact) mass is 211 g/mol. The minimum atomic E-state index is -2.83. The van der Waals surface area contributed by atoms with E-state index in [9.17, 15) is 13.6 Å². The van der Waals surface area contributed by atoms with Gasteiger partial charge in [0.1, 0.15) is 0 Å². The van der Waals surface area contributed by atoms with E-state index in [1.165, 1.54) is 24.3 Å². The SMILES string of the molecule is NC(=O)c1cccc(C(F)(F)C2CC2)c1. The highest BCUT2D eigenvalue weighted by Gasteiger charge is 2.47. The number of amides is 1. The molecule has 0 unspecified atom stereocenters. The smallest absolute Gasteiger partial charge is 0.276 e. The van der Waals surface area contributed by atoms with Crippen molar-refractivity contribution in [1.29, 1.82) is 0 Å². The summed E-state index contributed by atoms with van der Waals surface area (Å²) in [6.07, 6.45) is 1.10. The number of carbonyl (C=O) groups is 1. The Morgan fingerprint density at radius 3 is 2.60 bits per heavy atom. The first-order valence-corrected chi connectivity index (χ1v) is 4.80. The molecule has 1 aliphatic carbocycles. The maximum absolute atomic E-state index is 13.6. The lowest BCUT2D eigenvalue weighted by Crippen LogP contribution is -2.18. The molecule has 80 valence electrons. The zero-order valence-electron chi connectivity index (χ0n) is 8.04. The molecule has 0 aromatic heterocycles. The zero-order valence-corrected chi connectivity index (χ0v) is 8.04. The Kier molecular flexibility index (Phi) is 2.21. The van der Waals surface area contributed by atoms with Crippen molar-refractivity contribution in [2.75, 3.05) is 0 Å². The number of primary amides is 1. The molecule has 0 bridgehead atoms. The normalized spacial score (nSPS) is 16.4. The molecule has 0 radical (unpaired) electrons. The summed E-state index contributed by atoms with van der Waals surface area (Å²) in [7, 11) is 0. The molecular formula is C11H11F2NO. The summed E-state index contributed by atoms with van der Waals surface area (Å²) < 4.78 is 27.3. The van der Waals surface area contributed by atoms with Crippen molar-refractivity contribution in [1.82, 2.24) is 0 Å². The van der Waals surface area contributed by atoms with Gasteiger partial charge in [0.05, 0.1) is 0 Å². The molecular weight excluding hydrogens is 200 g/mol. The van der Waals surface area contributed by atoms with Gasteiger partial charge in [0, 0.05) is 17.0 Å². The van der Waals surface area contributed by atoms with Crippen LogP contribution < -0.4 is 5.73 Å². The summed E-state index contributed by atoms with van der Waals surface area (Å²) >= 11 is 0. The first-order valence-electron chi connectivity index (χ1n) is 4.80. The second-order valence-electron chi connectivity index (χ2n) is 3.84. The van der Waals surface area contributed by atoms with E-state index in [0.29, 0.717) is 12.8 Å². The van der Waals surface area contributed by atoms with Crippen molar-refractivity contribution < 1.29 is 13.6 Å². The Morgan fingerprint density at radius 1 is 1.40 bits per heavy atom. The Bertz CT molecular complexity index is 399. The molecule has 1 saturated carbocycles. The molecule has 2 rings (SSSR count). The molecule has 0 atom stereocenters. The van der Waals surface area contributed by atoms with E-state index in [4.69, 9.17) is 5.73 Å². The van der Waals surface area contributed by atoms with Gasteiger partial charge in [-0.15, -0.1) is 0 Å². The van der Waals surface area contributed by atoms with Crippen molar-refractivity contribution in [2.45, 2.75) is 18.8 Å². The van der Waals surface area contributed by atoms with E-state index in [-0.39, 0.29) is 11.1 Å². The summed E-state index contributed by atoms with van der Waals surface area (Å²) in [6, 6.07) is 5.39. The third-order valence-electron chi connectivity index (χ3n) is 2.62. The van der Waals surface area contributed by atoms with Crippen LogP contribution in [-0.4, -0.2) is 5.91 Å². The van der Waals surface area contributed by atoms with Crippen LogP contribution in [0, 0.1) is 5.92 Å². The number of hydrogen-bond acceptors (Lipinski definition) is 1. The maximum Gasteiger partial charge on any atom is 0.276 e. The van der Waals surface area contributed by atoms with Gasteiger partial charge in [-0.05, 0) is 25.0 Å². The van der Waals surface area contributed by atoms with Crippen molar-refractivity contribution in [2.24, 2.45) is 11.7 Å². The first-order chi connectivity index (χ1) is 7.01. The van der Waals surface area contributed by atoms with Crippen LogP contribution in [0.1, 0.15) is 28.8 Å². The van der Waals surface area contributed by atoms with Crippen molar-refractivity contribution >= 4 is 5.91 Å². The van der Waals surface area contributed by atoms with Gasteiger partial charge in [-0.25, -0.2) is 8.78 Å². The lowest BCUT2D eigenvalue weighted by Gasteiger charge is -2.16. The molecule has 1 aromatic carbocycles. The quantitative estimate of drug-likeness (QED) is 0.818. The van der Waals surface area contributed by atoms with Crippen LogP contribution in [0.3, 0.4) is 0 Å². The summed E-state index contributed by atoms with van der Waals surface area (Å²) in [5, 5.41) is 0. The maximum atomic E-state index is 13.6. The molecule has 2 nitrogen and oxygen atoms in total. The van der Waals surface area contributed by atoms with Crippen LogP contribution in [0.25, 0.3) is 0 Å². The summed E-state index contributed by atoms with van der Waals surface area (Å²) in [4.78, 5) is 10.8. The van der Waals surface area contributed by atoms with Crippen molar-refractivity contribution in [3.63, 3.8) is 0 Å². The highest BCUT2D eigenvalue weighted by molar-refractivity contribution is 5.92. The molecule has 0 heterocycles. The van der Waals surface area contributed by atoms with E-state index < -0.39 is 17.7 Å². The van der Waals surface area contributed by atoms with Crippen LogP contribution in [0.2, 0.25) is 0 Å². The van der Waals surface area contributed by atoms with Gasteiger partial charge >= 0.3 is 0 Å². The van der Waals surface area contributed by atoms with Crippen LogP contribution >= 0.6 is 0 Å². The number of nitrogens with two attached hydrogens (primary N) is 1. The standard InChI is InChI=1S/C11H11F2NO/c12-11(13,8-4-5-8)9-3-1-2-7(6-9)10(14)15/h1-3,6,8H,4-5H2,(H2,14,15). The number of carbonyl (C=O) groups excluding carboxylic acids is 1. The largest absolute Gasteiger partial charge is 0.366 e. The Morgan fingerprint density at radius 2 is 2.07 bits per heavy atom. The highest BCUT2D eigenvalue weighted by Crippen LogP contribution is 2.49. The number of hydrogen-bond donors (Lipinski definition) is 1. The third-order valence-corrected chi connectivity index (χ3v) is 2.62. The number of benzene rings is 1. The minimum absolute atomic E-state index is 0.110. The van der Waals surface area contributed by atoms with Crippen molar-refractivity contribution in [3.05, 3.63) is 35.4 Å². The Labute approximate surface area is 86.1 Å². The average Bonchev–Trinajstić information content (AvgIpc) is 3.01. The van der Waals surface area contributed by atoms with Gasteiger partial charge in [-0.3, -0.25) is 4.79 Å². The molecule has 1 amide bonds. The number of rotatable bonds is 3. The fourth-order valence-corrected chi connectivity index (χ4v) is 1.56. The predicted molar refractivity (Wildman–Crippen MR) is 51.6 cm³/mol. The lowest BCUT2D eigenvalue weighted by atomic mass is 10.0. The van der Waals surface area contributed by atoms with E-state index in [1.54, 1.807) is 0 Å². The van der Waals surface area contributed by atoms with Crippen LogP contribution in [0.4, 0.5) is 8.78 Å². The Balaban J connectivity index is 2.35. The van der Waals surface area contributed by atoms with Crippen molar-refractivity contribution in [3.8, 4) is 0 Å². The number of halogens is 2. The molecule has 0 spiro atoms. The number of alkyl halides is 2. The summed E-state index contributed by atoms with van der Waals surface area (Å²) in [6.45, 7) is 0.